The lowest BCUT2D eigenvalue weighted by molar-refractivity contribution is -0.121. The molecule has 0 rings (SSSR count). The normalized spacial score (nSPS) is 12.5. The fourth-order valence-corrected chi connectivity index (χ4v) is 0.905. The molecule has 0 radical (unpaired) electrons. The van der Waals surface area contributed by atoms with Crippen molar-refractivity contribution in [1.29, 1.82) is 0 Å². The predicted octanol–water partition coefficient (Wildman–Crippen LogP) is 0.267. The molecular formula is C9H20N2O2. The summed E-state index contributed by atoms with van der Waals surface area (Å²) in [6, 6.07) is 0.152. The molecule has 78 valence electrons. The zero-order valence-corrected chi connectivity index (χ0v) is 8.51. The molecule has 0 fully saturated rings. The molecule has 0 heterocycles. The first-order valence-electron chi connectivity index (χ1n) is 4.68. The highest BCUT2D eigenvalue weighted by Gasteiger charge is 2.00. The van der Waals surface area contributed by atoms with E-state index in [2.05, 4.69) is 5.32 Å². The maximum absolute atomic E-state index is 11.1. The summed E-state index contributed by atoms with van der Waals surface area (Å²) in [5.41, 5.74) is 5.53. The second kappa shape index (κ2) is 8.01. The van der Waals surface area contributed by atoms with Crippen LogP contribution in [0.3, 0.4) is 0 Å². The second-order valence-corrected chi connectivity index (χ2v) is 3.21. The summed E-state index contributed by atoms with van der Waals surface area (Å²) in [6.07, 6.45) is 2.14. The van der Waals surface area contributed by atoms with Crippen molar-refractivity contribution in [3.8, 4) is 0 Å². The number of hydrogen-bond acceptors (Lipinski definition) is 3. The van der Waals surface area contributed by atoms with E-state index in [4.69, 9.17) is 10.5 Å². The molecule has 1 amide bonds. The zero-order chi connectivity index (χ0) is 10.1. The monoisotopic (exact) mass is 188 g/mol. The van der Waals surface area contributed by atoms with Gasteiger partial charge in [0.25, 0.3) is 0 Å². The predicted molar refractivity (Wildman–Crippen MR) is 52.4 cm³/mol. The van der Waals surface area contributed by atoms with Gasteiger partial charge in [-0.2, -0.15) is 0 Å². The number of methoxy groups -OCH3 is 1. The number of amides is 1. The smallest absolute Gasteiger partial charge is 0.220 e. The molecular weight excluding hydrogens is 168 g/mol. The Morgan fingerprint density at radius 3 is 2.85 bits per heavy atom. The molecule has 0 aliphatic carbocycles. The van der Waals surface area contributed by atoms with Crippen LogP contribution < -0.4 is 11.1 Å². The number of carbonyl (C=O) groups is 1. The Balaban J connectivity index is 3.20. The van der Waals surface area contributed by atoms with Gasteiger partial charge >= 0.3 is 0 Å². The summed E-state index contributed by atoms with van der Waals surface area (Å²) in [4.78, 5) is 11.1. The van der Waals surface area contributed by atoms with Crippen molar-refractivity contribution >= 4 is 5.91 Å². The number of ether oxygens (including phenoxy) is 1. The number of rotatable bonds is 7. The lowest BCUT2D eigenvalue weighted by Gasteiger charge is -2.06. The molecule has 0 aromatic heterocycles. The van der Waals surface area contributed by atoms with Crippen molar-refractivity contribution in [3.05, 3.63) is 0 Å². The van der Waals surface area contributed by atoms with Crippen LogP contribution in [0.15, 0.2) is 0 Å². The number of nitrogens with two attached hydrogens (primary N) is 1. The first-order chi connectivity index (χ1) is 6.16. The molecule has 0 aromatic carbocycles. The number of carbonyl (C=O) groups excluding carboxylic acids is 1. The van der Waals surface area contributed by atoms with E-state index in [-0.39, 0.29) is 11.9 Å². The Bertz CT molecular complexity index is 138. The minimum Gasteiger partial charge on any atom is -0.385 e. The molecule has 1 atom stereocenters. The van der Waals surface area contributed by atoms with Gasteiger partial charge in [0.05, 0.1) is 0 Å². The number of hydrogen-bond donors (Lipinski definition) is 2. The van der Waals surface area contributed by atoms with E-state index in [1.165, 1.54) is 0 Å². The Morgan fingerprint density at radius 2 is 2.31 bits per heavy atom. The van der Waals surface area contributed by atoms with E-state index in [0.29, 0.717) is 19.6 Å². The SMILES string of the molecule is COCCCC(=O)NCCC(C)N. The first kappa shape index (κ1) is 12.4. The Kier molecular flexibility index (Phi) is 7.63. The Hall–Kier alpha value is -0.610. The van der Waals surface area contributed by atoms with E-state index in [0.717, 1.165) is 12.8 Å². The fourth-order valence-electron chi connectivity index (χ4n) is 0.905. The van der Waals surface area contributed by atoms with E-state index >= 15 is 0 Å². The van der Waals surface area contributed by atoms with Crippen molar-refractivity contribution in [3.63, 3.8) is 0 Å². The Labute approximate surface area is 79.8 Å². The maximum atomic E-state index is 11.1. The Morgan fingerprint density at radius 1 is 1.62 bits per heavy atom. The van der Waals surface area contributed by atoms with Crippen LogP contribution in [0, 0.1) is 0 Å². The molecule has 0 spiro atoms. The average Bonchev–Trinajstić information content (AvgIpc) is 2.04. The third-order valence-electron chi connectivity index (χ3n) is 1.67. The van der Waals surface area contributed by atoms with Gasteiger partial charge in [-0.1, -0.05) is 0 Å². The zero-order valence-electron chi connectivity index (χ0n) is 8.51. The van der Waals surface area contributed by atoms with E-state index in [1.54, 1.807) is 7.11 Å². The van der Waals surface area contributed by atoms with Crippen LogP contribution >= 0.6 is 0 Å². The largest absolute Gasteiger partial charge is 0.385 e. The van der Waals surface area contributed by atoms with Crippen LogP contribution in [0.1, 0.15) is 26.2 Å². The van der Waals surface area contributed by atoms with Gasteiger partial charge in [0.15, 0.2) is 0 Å². The quantitative estimate of drug-likeness (QED) is 0.563. The van der Waals surface area contributed by atoms with Gasteiger partial charge < -0.3 is 15.8 Å². The summed E-state index contributed by atoms with van der Waals surface area (Å²) in [6.45, 7) is 3.24. The van der Waals surface area contributed by atoms with Crippen LogP contribution in [-0.4, -0.2) is 32.2 Å². The summed E-state index contributed by atoms with van der Waals surface area (Å²) in [5.74, 6) is 0.0812. The molecule has 0 saturated carbocycles. The van der Waals surface area contributed by atoms with Gasteiger partial charge in [0, 0.05) is 32.7 Å². The summed E-state index contributed by atoms with van der Waals surface area (Å²) >= 11 is 0. The molecule has 0 saturated heterocycles. The average molecular weight is 188 g/mol. The van der Waals surface area contributed by atoms with Gasteiger partial charge in [-0.15, -0.1) is 0 Å². The molecule has 1 unspecified atom stereocenters. The topological polar surface area (TPSA) is 64.3 Å². The minimum absolute atomic E-state index is 0.0812. The summed E-state index contributed by atoms with van der Waals surface area (Å²) in [7, 11) is 1.63. The van der Waals surface area contributed by atoms with Crippen molar-refractivity contribution in [2.24, 2.45) is 5.73 Å². The highest BCUT2D eigenvalue weighted by atomic mass is 16.5. The van der Waals surface area contributed by atoms with Gasteiger partial charge in [-0.3, -0.25) is 4.79 Å². The highest BCUT2D eigenvalue weighted by Crippen LogP contribution is 1.90. The van der Waals surface area contributed by atoms with Crippen LogP contribution in [0.4, 0.5) is 0 Å². The molecule has 0 aromatic rings. The van der Waals surface area contributed by atoms with Crippen molar-refractivity contribution in [2.75, 3.05) is 20.3 Å². The van der Waals surface area contributed by atoms with Gasteiger partial charge in [0.1, 0.15) is 0 Å². The van der Waals surface area contributed by atoms with Crippen LogP contribution in [-0.2, 0) is 9.53 Å². The summed E-state index contributed by atoms with van der Waals surface area (Å²) < 4.78 is 4.83. The van der Waals surface area contributed by atoms with Gasteiger partial charge in [0.2, 0.25) is 5.91 Å². The van der Waals surface area contributed by atoms with Crippen molar-refractivity contribution < 1.29 is 9.53 Å². The molecule has 3 N–H and O–H groups in total. The second-order valence-electron chi connectivity index (χ2n) is 3.21. The van der Waals surface area contributed by atoms with Crippen LogP contribution in [0.25, 0.3) is 0 Å². The molecule has 0 aliphatic rings. The molecule has 13 heavy (non-hydrogen) atoms. The molecule has 0 aliphatic heterocycles. The molecule has 4 nitrogen and oxygen atoms in total. The molecule has 0 bridgehead atoms. The fraction of sp³-hybridized carbons (Fsp3) is 0.889. The third-order valence-corrected chi connectivity index (χ3v) is 1.67. The number of nitrogens with one attached hydrogen (secondary N) is 1. The summed E-state index contributed by atoms with van der Waals surface area (Å²) in [5, 5.41) is 2.80. The molecule has 4 heteroatoms. The lowest BCUT2D eigenvalue weighted by Crippen LogP contribution is -2.28. The van der Waals surface area contributed by atoms with Crippen LogP contribution in [0.2, 0.25) is 0 Å². The minimum atomic E-state index is 0.0812. The first-order valence-corrected chi connectivity index (χ1v) is 4.68. The van der Waals surface area contributed by atoms with Gasteiger partial charge in [-0.25, -0.2) is 0 Å². The standard InChI is InChI=1S/C9H20N2O2/c1-8(10)5-6-11-9(12)4-3-7-13-2/h8H,3-7,10H2,1-2H3,(H,11,12). The van der Waals surface area contributed by atoms with E-state index in [9.17, 15) is 4.79 Å². The lowest BCUT2D eigenvalue weighted by atomic mass is 10.2. The van der Waals surface area contributed by atoms with Crippen molar-refractivity contribution in [2.45, 2.75) is 32.2 Å². The van der Waals surface area contributed by atoms with E-state index in [1.807, 2.05) is 6.92 Å². The van der Waals surface area contributed by atoms with Crippen molar-refractivity contribution in [1.82, 2.24) is 5.32 Å². The van der Waals surface area contributed by atoms with Crippen LogP contribution in [0.5, 0.6) is 0 Å². The third kappa shape index (κ3) is 9.30. The van der Waals surface area contributed by atoms with E-state index < -0.39 is 0 Å². The van der Waals surface area contributed by atoms with Gasteiger partial charge in [-0.05, 0) is 19.8 Å². The maximum Gasteiger partial charge on any atom is 0.220 e. The highest BCUT2D eigenvalue weighted by molar-refractivity contribution is 5.75.